The Balaban J connectivity index is 2.04. The summed E-state index contributed by atoms with van der Waals surface area (Å²) in [5.41, 5.74) is 11.5. The third-order valence-corrected chi connectivity index (χ3v) is 6.25. The first-order valence-electron chi connectivity index (χ1n) is 7.53. The van der Waals surface area contributed by atoms with Gasteiger partial charge in [-0.3, -0.25) is 0 Å². The van der Waals surface area contributed by atoms with E-state index in [1.165, 1.54) is 44.5 Å². The third kappa shape index (κ3) is 1.11. The predicted molar refractivity (Wildman–Crippen MR) is 82.8 cm³/mol. The van der Waals surface area contributed by atoms with Crippen molar-refractivity contribution in [3.8, 4) is 0 Å². The number of aryl methyl sites for hydroxylation is 1. The summed E-state index contributed by atoms with van der Waals surface area (Å²) in [6.45, 7) is 13.5. The first kappa shape index (κ1) is 12.4. The molecule has 3 aliphatic rings. The molecule has 1 heteroatoms. The van der Waals surface area contributed by atoms with Crippen LogP contribution in [-0.4, -0.2) is 11.2 Å². The quantitative estimate of drug-likeness (QED) is 0.629. The van der Waals surface area contributed by atoms with Gasteiger partial charge in [-0.25, -0.2) is 0 Å². The SMILES string of the molecule is CC1=C(C)C2(C)OC2(C)C2=C1c1c(ccc(C)c1C)C2. The first-order chi connectivity index (χ1) is 9.31. The largest absolute Gasteiger partial charge is 0.354 e. The molecule has 2 unspecified atom stereocenters. The summed E-state index contributed by atoms with van der Waals surface area (Å²) < 4.78 is 6.23. The average Bonchev–Trinajstić information content (AvgIpc) is 2.83. The number of ether oxygens (including phenoxy) is 1. The molecule has 0 bridgehead atoms. The lowest BCUT2D eigenvalue weighted by atomic mass is 9.74. The standard InChI is InChI=1S/C19H22O/c1-10-7-8-14-9-15-17(16(14)11(10)2)12(3)13(4)18(5)19(15,6)20-18/h7-8H,9H2,1-6H3. The fourth-order valence-electron chi connectivity index (χ4n) is 4.33. The van der Waals surface area contributed by atoms with E-state index < -0.39 is 0 Å². The van der Waals surface area contributed by atoms with E-state index >= 15 is 0 Å². The van der Waals surface area contributed by atoms with Gasteiger partial charge in [0.15, 0.2) is 0 Å². The summed E-state index contributed by atoms with van der Waals surface area (Å²) in [6, 6.07) is 4.56. The molecule has 2 aliphatic carbocycles. The van der Waals surface area contributed by atoms with Gasteiger partial charge in [0.05, 0.1) is 0 Å². The van der Waals surface area contributed by atoms with E-state index in [2.05, 4.69) is 53.7 Å². The summed E-state index contributed by atoms with van der Waals surface area (Å²) in [4.78, 5) is 0. The molecule has 0 N–H and O–H groups in total. The lowest BCUT2D eigenvalue weighted by molar-refractivity contribution is 0.310. The van der Waals surface area contributed by atoms with Gasteiger partial charge in [-0.2, -0.15) is 0 Å². The molecule has 0 radical (unpaired) electrons. The van der Waals surface area contributed by atoms with Crippen LogP contribution in [0.15, 0.2) is 28.9 Å². The maximum absolute atomic E-state index is 6.23. The molecule has 4 rings (SSSR count). The van der Waals surface area contributed by atoms with Crippen molar-refractivity contribution in [3.63, 3.8) is 0 Å². The predicted octanol–water partition coefficient (Wildman–Crippen LogP) is 4.51. The van der Waals surface area contributed by atoms with E-state index in [9.17, 15) is 0 Å². The van der Waals surface area contributed by atoms with Crippen LogP contribution in [0, 0.1) is 13.8 Å². The van der Waals surface area contributed by atoms with Crippen molar-refractivity contribution in [1.29, 1.82) is 0 Å². The Kier molecular flexibility index (Phi) is 2.03. The highest BCUT2D eigenvalue weighted by molar-refractivity contribution is 5.93. The van der Waals surface area contributed by atoms with Crippen molar-refractivity contribution >= 4 is 5.57 Å². The molecule has 1 aliphatic heterocycles. The zero-order valence-electron chi connectivity index (χ0n) is 13.3. The van der Waals surface area contributed by atoms with Gasteiger partial charge in [0.2, 0.25) is 0 Å². The van der Waals surface area contributed by atoms with Crippen LogP contribution in [0.2, 0.25) is 0 Å². The molecule has 1 heterocycles. The van der Waals surface area contributed by atoms with Crippen molar-refractivity contribution in [3.05, 3.63) is 51.1 Å². The molecule has 1 fully saturated rings. The lowest BCUT2D eigenvalue weighted by Gasteiger charge is -2.25. The Morgan fingerprint density at radius 2 is 1.70 bits per heavy atom. The number of rotatable bonds is 0. The highest BCUT2D eigenvalue weighted by atomic mass is 16.6. The van der Waals surface area contributed by atoms with E-state index in [0.29, 0.717) is 0 Å². The van der Waals surface area contributed by atoms with Gasteiger partial charge in [-0.1, -0.05) is 12.1 Å². The summed E-state index contributed by atoms with van der Waals surface area (Å²) in [6.07, 6.45) is 1.06. The van der Waals surface area contributed by atoms with E-state index in [-0.39, 0.29) is 11.2 Å². The van der Waals surface area contributed by atoms with Crippen LogP contribution in [-0.2, 0) is 11.2 Å². The van der Waals surface area contributed by atoms with Gasteiger partial charge in [-0.05, 0) is 92.5 Å². The third-order valence-electron chi connectivity index (χ3n) is 6.25. The molecule has 0 amide bonds. The lowest BCUT2D eigenvalue weighted by Crippen LogP contribution is -2.28. The van der Waals surface area contributed by atoms with Gasteiger partial charge in [0.25, 0.3) is 0 Å². The van der Waals surface area contributed by atoms with Crippen LogP contribution < -0.4 is 0 Å². The van der Waals surface area contributed by atoms with Crippen LogP contribution in [0.5, 0.6) is 0 Å². The van der Waals surface area contributed by atoms with Crippen molar-refractivity contribution in [2.45, 2.75) is 59.2 Å². The Bertz CT molecular complexity index is 734. The molecule has 2 atom stereocenters. The van der Waals surface area contributed by atoms with Crippen LogP contribution in [0.1, 0.15) is 49.9 Å². The smallest absolute Gasteiger partial charge is 0.121 e. The van der Waals surface area contributed by atoms with Gasteiger partial charge < -0.3 is 4.74 Å². The molecule has 1 saturated heterocycles. The molecule has 20 heavy (non-hydrogen) atoms. The normalized spacial score (nSPS) is 34.1. The van der Waals surface area contributed by atoms with Crippen molar-refractivity contribution in [2.24, 2.45) is 0 Å². The minimum absolute atomic E-state index is 0.0685. The van der Waals surface area contributed by atoms with Crippen molar-refractivity contribution < 1.29 is 4.74 Å². The first-order valence-corrected chi connectivity index (χ1v) is 7.53. The van der Waals surface area contributed by atoms with E-state index in [1.807, 2.05) is 0 Å². The highest BCUT2D eigenvalue weighted by Gasteiger charge is 2.69. The summed E-state index contributed by atoms with van der Waals surface area (Å²) in [7, 11) is 0. The molecule has 104 valence electrons. The molecular formula is C19H22O. The Morgan fingerprint density at radius 3 is 2.40 bits per heavy atom. The molecule has 0 aromatic heterocycles. The minimum atomic E-state index is -0.0781. The van der Waals surface area contributed by atoms with E-state index in [1.54, 1.807) is 0 Å². The molecule has 1 aromatic rings. The molecular weight excluding hydrogens is 244 g/mol. The van der Waals surface area contributed by atoms with Gasteiger partial charge in [0, 0.05) is 0 Å². The van der Waals surface area contributed by atoms with E-state index in [4.69, 9.17) is 4.74 Å². The zero-order chi connectivity index (χ0) is 14.4. The molecule has 1 aromatic carbocycles. The maximum Gasteiger partial charge on any atom is 0.121 e. The average molecular weight is 266 g/mol. The Labute approximate surface area is 121 Å². The Morgan fingerprint density at radius 1 is 1.00 bits per heavy atom. The number of hydrogen-bond donors (Lipinski definition) is 0. The van der Waals surface area contributed by atoms with Gasteiger partial charge in [0.1, 0.15) is 11.2 Å². The van der Waals surface area contributed by atoms with Gasteiger partial charge in [-0.15, -0.1) is 0 Å². The number of hydrogen-bond acceptors (Lipinski definition) is 1. The Hall–Kier alpha value is -1.34. The number of benzene rings is 1. The fraction of sp³-hybridized carbons (Fsp3) is 0.474. The van der Waals surface area contributed by atoms with Crippen LogP contribution in [0.25, 0.3) is 5.57 Å². The second-order valence-electron chi connectivity index (χ2n) is 6.99. The number of allylic oxidation sites excluding steroid dienone is 2. The van der Waals surface area contributed by atoms with E-state index in [0.717, 1.165) is 6.42 Å². The van der Waals surface area contributed by atoms with Crippen LogP contribution >= 0.6 is 0 Å². The monoisotopic (exact) mass is 266 g/mol. The summed E-state index contributed by atoms with van der Waals surface area (Å²) >= 11 is 0. The molecule has 1 nitrogen and oxygen atoms in total. The number of epoxide rings is 1. The van der Waals surface area contributed by atoms with Crippen LogP contribution in [0.4, 0.5) is 0 Å². The van der Waals surface area contributed by atoms with Crippen molar-refractivity contribution in [1.82, 2.24) is 0 Å². The molecule has 0 saturated carbocycles. The van der Waals surface area contributed by atoms with Crippen molar-refractivity contribution in [2.75, 3.05) is 0 Å². The maximum atomic E-state index is 6.23. The topological polar surface area (TPSA) is 12.5 Å². The second kappa shape index (κ2) is 3.28. The fourth-order valence-corrected chi connectivity index (χ4v) is 4.33. The second-order valence-corrected chi connectivity index (χ2v) is 6.99. The minimum Gasteiger partial charge on any atom is -0.354 e. The summed E-state index contributed by atoms with van der Waals surface area (Å²) in [5.74, 6) is 0. The summed E-state index contributed by atoms with van der Waals surface area (Å²) in [5, 5.41) is 0. The van der Waals surface area contributed by atoms with Crippen LogP contribution in [0.3, 0.4) is 0 Å². The number of fused-ring (bicyclic) bond motifs is 4. The van der Waals surface area contributed by atoms with Gasteiger partial charge >= 0.3 is 0 Å². The zero-order valence-corrected chi connectivity index (χ0v) is 13.3. The molecule has 0 spiro atoms. The highest BCUT2D eigenvalue weighted by Crippen LogP contribution is 2.65.